The van der Waals surface area contributed by atoms with Crippen molar-refractivity contribution in [1.29, 1.82) is 0 Å². The van der Waals surface area contributed by atoms with E-state index in [1.165, 1.54) is 0 Å². The number of carbonyl (C=O) groups is 1. The predicted molar refractivity (Wildman–Crippen MR) is 113 cm³/mol. The van der Waals surface area contributed by atoms with Crippen LogP contribution in [0.15, 0.2) is 71.1 Å². The summed E-state index contributed by atoms with van der Waals surface area (Å²) in [7, 11) is 1.84. The largest absolute Gasteiger partial charge is 0.461 e. The number of furan rings is 1. The Bertz CT molecular complexity index is 1050. The highest BCUT2D eigenvalue weighted by molar-refractivity contribution is 7.18. The molecule has 1 atom stereocenters. The minimum Gasteiger partial charge on any atom is -0.461 e. The summed E-state index contributed by atoms with van der Waals surface area (Å²) in [5, 5.41) is 0.960. The number of para-hydroxylation sites is 1. The molecule has 0 saturated carbocycles. The Balaban J connectivity index is 1.38. The average molecular weight is 391 g/mol. The van der Waals surface area contributed by atoms with E-state index in [4.69, 9.17) is 4.42 Å². The van der Waals surface area contributed by atoms with Crippen LogP contribution >= 0.6 is 11.3 Å². The summed E-state index contributed by atoms with van der Waals surface area (Å²) in [6, 6.07) is 21.9. The normalized spacial score (nSPS) is 12.2. The lowest BCUT2D eigenvalue weighted by Crippen LogP contribution is -2.29. The molecule has 2 aromatic heterocycles. The van der Waals surface area contributed by atoms with Gasteiger partial charge in [0.15, 0.2) is 0 Å². The molecule has 0 radical (unpaired) electrons. The maximum Gasteiger partial charge on any atom is 0.223 e. The van der Waals surface area contributed by atoms with Gasteiger partial charge in [-0.3, -0.25) is 4.79 Å². The van der Waals surface area contributed by atoms with Crippen LogP contribution in [0.5, 0.6) is 0 Å². The summed E-state index contributed by atoms with van der Waals surface area (Å²) in [4.78, 5) is 19.1. The summed E-state index contributed by atoms with van der Waals surface area (Å²) < 4.78 is 7.05. The molecular weight excluding hydrogens is 368 g/mol. The van der Waals surface area contributed by atoms with Crippen molar-refractivity contribution in [3.63, 3.8) is 0 Å². The number of thiazole rings is 1. The van der Waals surface area contributed by atoms with Gasteiger partial charge in [-0.25, -0.2) is 4.98 Å². The summed E-state index contributed by atoms with van der Waals surface area (Å²) in [6.45, 7) is 2.02. The predicted octanol–water partition coefficient (Wildman–Crippen LogP) is 5.71. The van der Waals surface area contributed by atoms with Crippen molar-refractivity contribution >= 4 is 27.5 Å². The second kappa shape index (κ2) is 7.98. The Hall–Kier alpha value is -2.92. The van der Waals surface area contributed by atoms with E-state index in [0.29, 0.717) is 12.8 Å². The Morgan fingerprint density at radius 2 is 1.82 bits per heavy atom. The molecule has 0 saturated heterocycles. The number of amides is 1. The number of aryl methyl sites for hydroxylation is 1. The Morgan fingerprint density at radius 3 is 2.61 bits per heavy atom. The van der Waals surface area contributed by atoms with E-state index in [9.17, 15) is 4.79 Å². The van der Waals surface area contributed by atoms with Crippen molar-refractivity contribution in [2.75, 3.05) is 7.05 Å². The van der Waals surface area contributed by atoms with Gasteiger partial charge < -0.3 is 9.32 Å². The fourth-order valence-corrected chi connectivity index (χ4v) is 4.19. The molecule has 4 nitrogen and oxygen atoms in total. The molecule has 4 aromatic rings. The van der Waals surface area contributed by atoms with Crippen LogP contribution in [0.4, 0.5) is 0 Å². The maximum atomic E-state index is 12.7. The van der Waals surface area contributed by atoms with Gasteiger partial charge in [0.2, 0.25) is 5.91 Å². The molecule has 0 unspecified atom stereocenters. The first-order chi connectivity index (χ1) is 13.6. The van der Waals surface area contributed by atoms with Crippen LogP contribution in [-0.4, -0.2) is 22.8 Å². The summed E-state index contributed by atoms with van der Waals surface area (Å²) in [5.74, 6) is 1.75. The van der Waals surface area contributed by atoms with Gasteiger partial charge in [0, 0.05) is 25.5 Å². The van der Waals surface area contributed by atoms with E-state index >= 15 is 0 Å². The third-order valence-corrected chi connectivity index (χ3v) is 6.15. The van der Waals surface area contributed by atoms with Crippen LogP contribution in [0, 0.1) is 0 Å². The maximum absolute atomic E-state index is 12.7. The summed E-state index contributed by atoms with van der Waals surface area (Å²) in [6.07, 6.45) is 0.996. The number of fused-ring (bicyclic) bond motifs is 1. The Labute approximate surface area is 168 Å². The second-order valence-corrected chi connectivity index (χ2v) is 7.89. The SMILES string of the molecule is C[C@H](c1nc2ccccc2s1)N(C)C(=O)CCc1ccc(-c2ccccc2)o1. The third kappa shape index (κ3) is 3.85. The van der Waals surface area contributed by atoms with Gasteiger partial charge in [-0.1, -0.05) is 42.5 Å². The van der Waals surface area contributed by atoms with Gasteiger partial charge in [0.25, 0.3) is 0 Å². The minimum absolute atomic E-state index is 0.0543. The second-order valence-electron chi connectivity index (χ2n) is 6.83. The highest BCUT2D eigenvalue weighted by Crippen LogP contribution is 2.29. The topological polar surface area (TPSA) is 46.3 Å². The van der Waals surface area contributed by atoms with Crippen LogP contribution in [-0.2, 0) is 11.2 Å². The molecule has 4 rings (SSSR count). The van der Waals surface area contributed by atoms with Crippen LogP contribution in [0.1, 0.15) is 30.2 Å². The number of aromatic nitrogens is 1. The number of nitrogens with zero attached hydrogens (tertiary/aromatic N) is 2. The van der Waals surface area contributed by atoms with E-state index in [1.54, 1.807) is 16.2 Å². The average Bonchev–Trinajstić information content (AvgIpc) is 3.38. The molecule has 1 amide bonds. The molecule has 0 N–H and O–H groups in total. The first-order valence-corrected chi connectivity index (χ1v) is 10.2. The first kappa shape index (κ1) is 18.4. The molecule has 0 aliphatic carbocycles. The Kier molecular flexibility index (Phi) is 5.26. The van der Waals surface area contributed by atoms with Gasteiger partial charge in [-0.15, -0.1) is 11.3 Å². The van der Waals surface area contributed by atoms with E-state index in [2.05, 4.69) is 11.1 Å². The first-order valence-electron chi connectivity index (χ1n) is 9.37. The van der Waals surface area contributed by atoms with Crippen LogP contribution < -0.4 is 0 Å². The monoisotopic (exact) mass is 390 g/mol. The van der Waals surface area contributed by atoms with Gasteiger partial charge in [-0.05, 0) is 31.2 Å². The number of hydrogen-bond acceptors (Lipinski definition) is 4. The van der Waals surface area contributed by atoms with Crippen LogP contribution in [0.3, 0.4) is 0 Å². The van der Waals surface area contributed by atoms with Crippen molar-refractivity contribution < 1.29 is 9.21 Å². The molecular formula is C23H22N2O2S. The number of rotatable bonds is 6. The molecule has 0 fully saturated rings. The highest BCUT2D eigenvalue weighted by atomic mass is 32.1. The van der Waals surface area contributed by atoms with E-state index < -0.39 is 0 Å². The molecule has 2 heterocycles. The lowest BCUT2D eigenvalue weighted by atomic mass is 10.2. The van der Waals surface area contributed by atoms with Crippen LogP contribution in [0.2, 0.25) is 0 Å². The Morgan fingerprint density at radius 1 is 1.07 bits per heavy atom. The van der Waals surface area contributed by atoms with Crippen molar-refractivity contribution in [2.45, 2.75) is 25.8 Å². The van der Waals surface area contributed by atoms with E-state index in [1.807, 2.05) is 74.6 Å². The number of benzene rings is 2. The molecule has 0 aliphatic heterocycles. The van der Waals surface area contributed by atoms with Gasteiger partial charge in [-0.2, -0.15) is 0 Å². The smallest absolute Gasteiger partial charge is 0.223 e. The van der Waals surface area contributed by atoms with Crippen molar-refractivity contribution in [1.82, 2.24) is 9.88 Å². The fraction of sp³-hybridized carbons (Fsp3) is 0.217. The van der Waals surface area contributed by atoms with Gasteiger partial charge in [0.1, 0.15) is 16.5 Å². The molecule has 0 aliphatic rings. The standard InChI is InChI=1S/C23H22N2O2S/c1-16(23-24-19-10-6-7-11-21(19)28-23)25(2)22(26)15-13-18-12-14-20(27-18)17-8-4-3-5-9-17/h3-12,14,16H,13,15H2,1-2H3/t16-/m1/s1. The van der Waals surface area contributed by atoms with Crippen molar-refractivity contribution in [3.8, 4) is 11.3 Å². The van der Waals surface area contributed by atoms with Gasteiger partial charge >= 0.3 is 0 Å². The van der Waals surface area contributed by atoms with Crippen LogP contribution in [0.25, 0.3) is 21.5 Å². The van der Waals surface area contributed by atoms with Gasteiger partial charge in [0.05, 0.1) is 16.3 Å². The molecule has 142 valence electrons. The van der Waals surface area contributed by atoms with E-state index in [0.717, 1.165) is 32.3 Å². The fourth-order valence-electron chi connectivity index (χ4n) is 3.13. The zero-order valence-corrected chi connectivity index (χ0v) is 16.8. The minimum atomic E-state index is -0.0543. The van der Waals surface area contributed by atoms with Crippen molar-refractivity contribution in [2.24, 2.45) is 0 Å². The zero-order chi connectivity index (χ0) is 19.5. The third-order valence-electron chi connectivity index (χ3n) is 4.95. The van der Waals surface area contributed by atoms with E-state index in [-0.39, 0.29) is 11.9 Å². The highest BCUT2D eigenvalue weighted by Gasteiger charge is 2.21. The molecule has 0 spiro atoms. The lowest BCUT2D eigenvalue weighted by Gasteiger charge is -2.23. The molecule has 2 aromatic carbocycles. The summed E-state index contributed by atoms with van der Waals surface area (Å²) in [5.41, 5.74) is 2.03. The zero-order valence-electron chi connectivity index (χ0n) is 16.0. The summed E-state index contributed by atoms with van der Waals surface area (Å²) >= 11 is 1.64. The number of carbonyl (C=O) groups excluding carboxylic acids is 1. The van der Waals surface area contributed by atoms with Crippen molar-refractivity contribution in [3.05, 3.63) is 77.5 Å². The quantitative estimate of drug-likeness (QED) is 0.424. The lowest BCUT2D eigenvalue weighted by molar-refractivity contribution is -0.131. The molecule has 0 bridgehead atoms. The number of hydrogen-bond donors (Lipinski definition) is 0. The molecule has 5 heteroatoms. The molecule has 28 heavy (non-hydrogen) atoms.